The molecular formula is C17H24N4O2. The van der Waals surface area contributed by atoms with Gasteiger partial charge in [0.15, 0.2) is 0 Å². The number of para-hydroxylation sites is 1. The Morgan fingerprint density at radius 1 is 1.35 bits per heavy atom. The van der Waals surface area contributed by atoms with Crippen LogP contribution in [-0.2, 0) is 6.54 Å². The van der Waals surface area contributed by atoms with Crippen molar-refractivity contribution in [2.45, 2.75) is 32.7 Å². The standard InChI is InChI=1S/C17H24N4O2/c1-2-17(7-8-17)12-19-15(22)20-14-6-4-3-5-13(14)11-21-10-9-18-16(21)23/h3-6H,2,7-12H2,1H3,(H,18,23)(H2,19,20,22). The van der Waals surface area contributed by atoms with Gasteiger partial charge in [-0.2, -0.15) is 0 Å². The minimum atomic E-state index is -0.178. The summed E-state index contributed by atoms with van der Waals surface area (Å²) in [5, 5.41) is 8.67. The van der Waals surface area contributed by atoms with Crippen LogP contribution in [0.5, 0.6) is 0 Å². The van der Waals surface area contributed by atoms with E-state index in [2.05, 4.69) is 22.9 Å². The smallest absolute Gasteiger partial charge is 0.319 e. The van der Waals surface area contributed by atoms with Gasteiger partial charge in [0.2, 0.25) is 0 Å². The van der Waals surface area contributed by atoms with Crippen LogP contribution < -0.4 is 16.0 Å². The molecule has 6 nitrogen and oxygen atoms in total. The summed E-state index contributed by atoms with van der Waals surface area (Å²) in [4.78, 5) is 25.6. The first-order valence-electron chi connectivity index (χ1n) is 8.27. The van der Waals surface area contributed by atoms with Crippen molar-refractivity contribution in [2.24, 2.45) is 5.41 Å². The second-order valence-electron chi connectivity index (χ2n) is 6.47. The monoisotopic (exact) mass is 316 g/mol. The molecule has 0 unspecified atom stereocenters. The number of benzene rings is 1. The van der Waals surface area contributed by atoms with Crippen LogP contribution in [0.4, 0.5) is 15.3 Å². The molecule has 1 aromatic rings. The number of carbonyl (C=O) groups excluding carboxylic acids is 2. The highest BCUT2D eigenvalue weighted by molar-refractivity contribution is 5.90. The zero-order chi connectivity index (χ0) is 16.3. The Balaban J connectivity index is 1.58. The Bertz CT molecular complexity index is 598. The van der Waals surface area contributed by atoms with Gasteiger partial charge in [-0.3, -0.25) is 0 Å². The first-order valence-corrected chi connectivity index (χ1v) is 8.27. The molecule has 1 saturated carbocycles. The average molecular weight is 316 g/mol. The molecule has 1 saturated heterocycles. The second kappa shape index (κ2) is 6.48. The van der Waals surface area contributed by atoms with Crippen molar-refractivity contribution < 1.29 is 9.59 Å². The third-order valence-electron chi connectivity index (χ3n) is 4.90. The van der Waals surface area contributed by atoms with Crippen molar-refractivity contribution in [1.29, 1.82) is 0 Å². The zero-order valence-corrected chi connectivity index (χ0v) is 13.5. The van der Waals surface area contributed by atoms with E-state index < -0.39 is 0 Å². The maximum Gasteiger partial charge on any atom is 0.319 e. The molecule has 1 aliphatic carbocycles. The summed E-state index contributed by atoms with van der Waals surface area (Å²) < 4.78 is 0. The van der Waals surface area contributed by atoms with Crippen LogP contribution in [0, 0.1) is 5.41 Å². The van der Waals surface area contributed by atoms with Gasteiger partial charge in [0.05, 0.1) is 0 Å². The fourth-order valence-corrected chi connectivity index (χ4v) is 2.91. The van der Waals surface area contributed by atoms with Gasteiger partial charge in [-0.25, -0.2) is 9.59 Å². The quantitative estimate of drug-likeness (QED) is 0.754. The fraction of sp³-hybridized carbons (Fsp3) is 0.529. The van der Waals surface area contributed by atoms with E-state index in [-0.39, 0.29) is 12.1 Å². The number of hydrogen-bond donors (Lipinski definition) is 3. The molecule has 0 radical (unpaired) electrons. The summed E-state index contributed by atoms with van der Waals surface area (Å²) >= 11 is 0. The van der Waals surface area contributed by atoms with E-state index in [1.54, 1.807) is 4.90 Å². The molecule has 0 bridgehead atoms. The molecule has 1 aromatic carbocycles. The van der Waals surface area contributed by atoms with E-state index in [0.717, 1.165) is 24.2 Å². The van der Waals surface area contributed by atoms with Gasteiger partial charge in [0.25, 0.3) is 0 Å². The van der Waals surface area contributed by atoms with E-state index in [0.29, 0.717) is 25.0 Å². The van der Waals surface area contributed by atoms with E-state index in [1.807, 2.05) is 24.3 Å². The Hall–Kier alpha value is -2.24. The van der Waals surface area contributed by atoms with Gasteiger partial charge in [-0.1, -0.05) is 25.1 Å². The number of hydrogen-bond acceptors (Lipinski definition) is 2. The molecule has 0 atom stereocenters. The van der Waals surface area contributed by atoms with E-state index in [4.69, 9.17) is 0 Å². The first kappa shape index (κ1) is 15.6. The lowest BCUT2D eigenvalue weighted by atomic mass is 10.0. The summed E-state index contributed by atoms with van der Waals surface area (Å²) in [6.45, 7) is 4.77. The van der Waals surface area contributed by atoms with Crippen molar-refractivity contribution >= 4 is 17.7 Å². The topological polar surface area (TPSA) is 73.5 Å². The van der Waals surface area contributed by atoms with Crippen LogP contribution in [0.2, 0.25) is 0 Å². The summed E-state index contributed by atoms with van der Waals surface area (Å²) in [6.07, 6.45) is 3.50. The van der Waals surface area contributed by atoms with Crippen LogP contribution in [-0.4, -0.2) is 36.6 Å². The van der Waals surface area contributed by atoms with Gasteiger partial charge in [0.1, 0.15) is 0 Å². The Labute approximate surface area is 136 Å². The highest BCUT2D eigenvalue weighted by Gasteiger charge is 2.40. The SMILES string of the molecule is CCC1(CNC(=O)Nc2ccccc2CN2CCNC2=O)CC1. The average Bonchev–Trinajstić information content (AvgIpc) is 3.24. The van der Waals surface area contributed by atoms with Gasteiger partial charge >= 0.3 is 12.1 Å². The van der Waals surface area contributed by atoms with E-state index in [9.17, 15) is 9.59 Å². The highest BCUT2D eigenvalue weighted by Crippen LogP contribution is 2.47. The van der Waals surface area contributed by atoms with Crippen molar-refractivity contribution in [3.05, 3.63) is 29.8 Å². The number of anilines is 1. The van der Waals surface area contributed by atoms with Crippen LogP contribution in [0.15, 0.2) is 24.3 Å². The Kier molecular flexibility index (Phi) is 4.41. The van der Waals surface area contributed by atoms with Gasteiger partial charge in [-0.15, -0.1) is 0 Å². The molecule has 3 rings (SSSR count). The summed E-state index contributed by atoms with van der Waals surface area (Å²) in [5.74, 6) is 0. The molecular weight excluding hydrogens is 292 g/mol. The number of amides is 4. The number of carbonyl (C=O) groups is 2. The van der Waals surface area contributed by atoms with Crippen molar-refractivity contribution in [3.8, 4) is 0 Å². The van der Waals surface area contributed by atoms with E-state index >= 15 is 0 Å². The molecule has 3 N–H and O–H groups in total. The zero-order valence-electron chi connectivity index (χ0n) is 13.5. The molecule has 0 spiro atoms. The predicted molar refractivity (Wildman–Crippen MR) is 89.2 cm³/mol. The Morgan fingerprint density at radius 2 is 2.13 bits per heavy atom. The Morgan fingerprint density at radius 3 is 2.78 bits per heavy atom. The first-order chi connectivity index (χ1) is 11.1. The maximum absolute atomic E-state index is 12.1. The normalized spacial score (nSPS) is 18.5. The minimum absolute atomic E-state index is 0.0529. The third-order valence-corrected chi connectivity index (χ3v) is 4.90. The van der Waals surface area contributed by atoms with Gasteiger partial charge in [-0.05, 0) is 36.3 Å². The number of urea groups is 2. The second-order valence-corrected chi connectivity index (χ2v) is 6.47. The molecule has 2 fully saturated rings. The third kappa shape index (κ3) is 3.75. The minimum Gasteiger partial charge on any atom is -0.337 e. The number of rotatable bonds is 6. The van der Waals surface area contributed by atoms with Gasteiger partial charge in [0, 0.05) is 31.9 Å². The molecule has 124 valence electrons. The van der Waals surface area contributed by atoms with Crippen molar-refractivity contribution in [3.63, 3.8) is 0 Å². The van der Waals surface area contributed by atoms with Crippen molar-refractivity contribution in [2.75, 3.05) is 25.0 Å². The molecule has 23 heavy (non-hydrogen) atoms. The highest BCUT2D eigenvalue weighted by atomic mass is 16.2. The van der Waals surface area contributed by atoms with Crippen molar-refractivity contribution in [1.82, 2.24) is 15.5 Å². The molecule has 0 aromatic heterocycles. The largest absolute Gasteiger partial charge is 0.337 e. The summed E-state index contributed by atoms with van der Waals surface area (Å²) in [7, 11) is 0. The predicted octanol–water partition coefficient (Wildman–Crippen LogP) is 2.52. The lowest BCUT2D eigenvalue weighted by Crippen LogP contribution is -2.34. The van der Waals surface area contributed by atoms with Gasteiger partial charge < -0.3 is 20.9 Å². The van der Waals surface area contributed by atoms with E-state index in [1.165, 1.54) is 12.8 Å². The molecule has 1 aliphatic heterocycles. The lowest BCUT2D eigenvalue weighted by Gasteiger charge is -2.18. The molecule has 6 heteroatoms. The molecule has 4 amide bonds. The summed E-state index contributed by atoms with van der Waals surface area (Å²) in [5.41, 5.74) is 2.02. The number of nitrogens with zero attached hydrogens (tertiary/aromatic N) is 1. The van der Waals surface area contributed by atoms with Crippen LogP contribution in [0.3, 0.4) is 0 Å². The summed E-state index contributed by atoms with van der Waals surface area (Å²) in [6, 6.07) is 7.39. The molecule has 1 heterocycles. The lowest BCUT2D eigenvalue weighted by molar-refractivity contribution is 0.215. The fourth-order valence-electron chi connectivity index (χ4n) is 2.91. The van der Waals surface area contributed by atoms with Crippen LogP contribution in [0.25, 0.3) is 0 Å². The van der Waals surface area contributed by atoms with Crippen LogP contribution >= 0.6 is 0 Å². The number of nitrogens with one attached hydrogen (secondary N) is 3. The van der Waals surface area contributed by atoms with Crippen LogP contribution in [0.1, 0.15) is 31.7 Å². The molecule has 2 aliphatic rings. The maximum atomic E-state index is 12.1.